The van der Waals surface area contributed by atoms with Crippen molar-refractivity contribution < 1.29 is 9.84 Å². The Hall–Kier alpha value is -1.06. The van der Waals surface area contributed by atoms with E-state index in [1.165, 1.54) is 0 Å². The summed E-state index contributed by atoms with van der Waals surface area (Å²) in [5.74, 6) is 0. The van der Waals surface area contributed by atoms with Gasteiger partial charge in [0.05, 0.1) is 19.3 Å². The van der Waals surface area contributed by atoms with Crippen LogP contribution in [-0.2, 0) is 4.74 Å². The molecule has 1 saturated heterocycles. The molecule has 3 heteroatoms. The first kappa shape index (κ1) is 11.4. The minimum Gasteiger partial charge on any atom is -0.389 e. The highest BCUT2D eigenvalue weighted by Crippen LogP contribution is 2.28. The Bertz CT molecular complexity index is 352. The number of para-hydroxylation sites is 1. The highest BCUT2D eigenvalue weighted by Gasteiger charge is 2.22. The van der Waals surface area contributed by atoms with Gasteiger partial charge in [0.1, 0.15) is 0 Å². The molecule has 0 amide bonds. The van der Waals surface area contributed by atoms with E-state index in [4.69, 9.17) is 4.74 Å². The van der Waals surface area contributed by atoms with Crippen molar-refractivity contribution in [3.05, 3.63) is 29.8 Å². The number of nitrogens with zero attached hydrogens (tertiary/aromatic N) is 1. The van der Waals surface area contributed by atoms with Gasteiger partial charge in [0.15, 0.2) is 0 Å². The van der Waals surface area contributed by atoms with Crippen molar-refractivity contribution >= 4 is 5.69 Å². The van der Waals surface area contributed by atoms with Crippen molar-refractivity contribution in [2.45, 2.75) is 26.0 Å². The maximum atomic E-state index is 9.76. The van der Waals surface area contributed by atoms with Crippen LogP contribution < -0.4 is 4.90 Å². The van der Waals surface area contributed by atoms with Crippen LogP contribution in [0.25, 0.3) is 0 Å². The van der Waals surface area contributed by atoms with Crippen molar-refractivity contribution in [3.8, 4) is 0 Å². The van der Waals surface area contributed by atoms with E-state index >= 15 is 0 Å². The molecule has 1 N–H and O–H groups in total. The molecular formula is C13H19NO2. The molecule has 0 radical (unpaired) electrons. The second-order valence-corrected chi connectivity index (χ2v) is 4.35. The third kappa shape index (κ3) is 2.20. The van der Waals surface area contributed by atoms with Gasteiger partial charge in [-0.15, -0.1) is 0 Å². The van der Waals surface area contributed by atoms with Crippen molar-refractivity contribution in [3.63, 3.8) is 0 Å². The molecule has 88 valence electrons. The van der Waals surface area contributed by atoms with Crippen molar-refractivity contribution in [2.75, 3.05) is 24.7 Å². The Kier molecular flexibility index (Phi) is 3.46. The summed E-state index contributed by atoms with van der Waals surface area (Å²) in [7, 11) is 0. The lowest BCUT2D eigenvalue weighted by molar-refractivity contribution is 0.0984. The van der Waals surface area contributed by atoms with E-state index in [-0.39, 0.29) is 0 Å². The summed E-state index contributed by atoms with van der Waals surface area (Å²) in [4.78, 5) is 2.31. The van der Waals surface area contributed by atoms with Crippen molar-refractivity contribution in [1.82, 2.24) is 0 Å². The molecule has 3 nitrogen and oxygen atoms in total. The molecule has 1 aromatic carbocycles. The van der Waals surface area contributed by atoms with Crippen LogP contribution in [0.4, 0.5) is 5.69 Å². The number of anilines is 1. The van der Waals surface area contributed by atoms with Crippen LogP contribution >= 0.6 is 0 Å². The van der Waals surface area contributed by atoms with Gasteiger partial charge in [-0.1, -0.05) is 18.2 Å². The second-order valence-electron chi connectivity index (χ2n) is 4.35. The lowest BCUT2D eigenvalue weighted by Gasteiger charge is -2.36. The fraction of sp³-hybridized carbons (Fsp3) is 0.538. The SMILES string of the molecule is CC(O)c1ccccc1N1CCOCC1C. The van der Waals surface area contributed by atoms with Gasteiger partial charge in [-0.25, -0.2) is 0 Å². The van der Waals surface area contributed by atoms with E-state index in [0.29, 0.717) is 6.04 Å². The topological polar surface area (TPSA) is 32.7 Å². The van der Waals surface area contributed by atoms with E-state index in [9.17, 15) is 5.11 Å². The summed E-state index contributed by atoms with van der Waals surface area (Å²) in [5, 5.41) is 9.76. The van der Waals surface area contributed by atoms with E-state index in [2.05, 4.69) is 17.9 Å². The third-order valence-electron chi connectivity index (χ3n) is 3.06. The molecule has 16 heavy (non-hydrogen) atoms. The molecule has 2 rings (SSSR count). The Balaban J connectivity index is 2.31. The van der Waals surface area contributed by atoms with Crippen LogP contribution in [-0.4, -0.2) is 30.9 Å². The van der Waals surface area contributed by atoms with Crippen LogP contribution in [0.2, 0.25) is 0 Å². The lowest BCUT2D eigenvalue weighted by Crippen LogP contribution is -2.44. The molecule has 0 spiro atoms. The fourth-order valence-corrected chi connectivity index (χ4v) is 2.19. The maximum Gasteiger partial charge on any atom is 0.0781 e. The number of rotatable bonds is 2. The minimum absolute atomic E-state index is 0.369. The van der Waals surface area contributed by atoms with Gasteiger partial charge >= 0.3 is 0 Å². The monoisotopic (exact) mass is 221 g/mol. The molecule has 0 saturated carbocycles. The van der Waals surface area contributed by atoms with Crippen molar-refractivity contribution in [1.29, 1.82) is 0 Å². The normalized spacial score (nSPS) is 23.2. The molecule has 0 aromatic heterocycles. The van der Waals surface area contributed by atoms with Gasteiger partial charge in [0.25, 0.3) is 0 Å². The number of morpholine rings is 1. The Morgan fingerprint density at radius 2 is 2.19 bits per heavy atom. The van der Waals surface area contributed by atoms with E-state index in [1.807, 2.05) is 25.1 Å². The fourth-order valence-electron chi connectivity index (χ4n) is 2.19. The number of benzene rings is 1. The van der Waals surface area contributed by atoms with Gasteiger partial charge in [-0.2, -0.15) is 0 Å². The average Bonchev–Trinajstić information content (AvgIpc) is 2.29. The predicted octanol–water partition coefficient (Wildman–Crippen LogP) is 1.97. The van der Waals surface area contributed by atoms with E-state index in [1.54, 1.807) is 0 Å². The molecule has 1 fully saturated rings. The molecule has 1 heterocycles. The maximum absolute atomic E-state index is 9.76. The molecule has 2 unspecified atom stereocenters. The quantitative estimate of drug-likeness (QED) is 0.828. The molecule has 1 aliphatic rings. The summed E-state index contributed by atoms with van der Waals surface area (Å²) in [5.41, 5.74) is 2.13. The van der Waals surface area contributed by atoms with Crippen molar-refractivity contribution in [2.24, 2.45) is 0 Å². The largest absolute Gasteiger partial charge is 0.389 e. The van der Waals surface area contributed by atoms with E-state index in [0.717, 1.165) is 31.0 Å². The molecule has 0 aliphatic carbocycles. The summed E-state index contributed by atoms with van der Waals surface area (Å²) in [6.45, 7) is 6.37. The number of aliphatic hydroxyl groups is 1. The van der Waals surface area contributed by atoms with Gasteiger partial charge in [0, 0.05) is 23.8 Å². The molecular weight excluding hydrogens is 202 g/mol. The van der Waals surface area contributed by atoms with E-state index < -0.39 is 6.10 Å². The standard InChI is InChI=1S/C13H19NO2/c1-10-9-16-8-7-14(10)13-6-4-3-5-12(13)11(2)15/h3-6,10-11,15H,7-9H2,1-2H3. The van der Waals surface area contributed by atoms with Crippen LogP contribution in [0.3, 0.4) is 0 Å². The average molecular weight is 221 g/mol. The zero-order valence-electron chi connectivity index (χ0n) is 9.89. The zero-order chi connectivity index (χ0) is 11.5. The molecule has 2 atom stereocenters. The summed E-state index contributed by atoms with van der Waals surface area (Å²) in [6, 6.07) is 8.42. The molecule has 1 aliphatic heterocycles. The number of hydrogen-bond acceptors (Lipinski definition) is 3. The van der Waals surface area contributed by atoms with Crippen LogP contribution in [0.5, 0.6) is 0 Å². The third-order valence-corrected chi connectivity index (χ3v) is 3.06. The highest BCUT2D eigenvalue weighted by atomic mass is 16.5. The van der Waals surface area contributed by atoms with Gasteiger partial charge in [-0.3, -0.25) is 0 Å². The second kappa shape index (κ2) is 4.85. The van der Waals surface area contributed by atoms with Crippen LogP contribution in [0.15, 0.2) is 24.3 Å². The number of hydrogen-bond donors (Lipinski definition) is 1. The first-order valence-corrected chi connectivity index (χ1v) is 5.81. The zero-order valence-corrected chi connectivity index (χ0v) is 9.89. The summed E-state index contributed by atoms with van der Waals surface area (Å²) < 4.78 is 5.43. The number of ether oxygens (including phenoxy) is 1. The van der Waals surface area contributed by atoms with Crippen LogP contribution in [0.1, 0.15) is 25.5 Å². The Morgan fingerprint density at radius 1 is 1.44 bits per heavy atom. The summed E-state index contributed by atoms with van der Waals surface area (Å²) >= 11 is 0. The summed E-state index contributed by atoms with van der Waals surface area (Å²) in [6.07, 6.45) is -0.425. The number of aliphatic hydroxyl groups excluding tert-OH is 1. The Labute approximate surface area is 96.6 Å². The molecule has 0 bridgehead atoms. The smallest absolute Gasteiger partial charge is 0.0781 e. The molecule has 1 aromatic rings. The minimum atomic E-state index is -0.425. The van der Waals surface area contributed by atoms with Gasteiger partial charge in [0.2, 0.25) is 0 Å². The first-order chi connectivity index (χ1) is 7.70. The van der Waals surface area contributed by atoms with Gasteiger partial charge in [-0.05, 0) is 19.9 Å². The highest BCUT2D eigenvalue weighted by molar-refractivity contribution is 5.55. The lowest BCUT2D eigenvalue weighted by atomic mass is 10.1. The van der Waals surface area contributed by atoms with Crippen LogP contribution in [0, 0.1) is 0 Å². The predicted molar refractivity (Wildman–Crippen MR) is 64.7 cm³/mol. The first-order valence-electron chi connectivity index (χ1n) is 5.81. The Morgan fingerprint density at radius 3 is 2.88 bits per heavy atom. The van der Waals surface area contributed by atoms with Gasteiger partial charge < -0.3 is 14.7 Å².